The average Bonchev–Trinajstić information content (AvgIpc) is 2.81. The maximum atomic E-state index is 12.6. The Morgan fingerprint density at radius 2 is 2.10 bits per heavy atom. The number of hydrogen-bond donors (Lipinski definition) is 2. The second kappa shape index (κ2) is 5.35. The van der Waals surface area contributed by atoms with Crippen LogP contribution in [0.4, 0.5) is 5.69 Å². The number of sulfonamides is 1. The fraction of sp³-hybridized carbons (Fsp3) is 0.571. The van der Waals surface area contributed by atoms with E-state index in [1.54, 1.807) is 32.9 Å². The van der Waals surface area contributed by atoms with Crippen LogP contribution in [0.1, 0.15) is 26.3 Å². The summed E-state index contributed by atoms with van der Waals surface area (Å²) in [5.41, 5.74) is 0.984. The van der Waals surface area contributed by atoms with Crippen LogP contribution in [-0.2, 0) is 16.4 Å². The first kappa shape index (κ1) is 15.3. The van der Waals surface area contributed by atoms with Crippen LogP contribution in [-0.4, -0.2) is 43.1 Å². The molecular weight excluding hydrogens is 276 g/mol. The van der Waals surface area contributed by atoms with Crippen LogP contribution in [0.5, 0.6) is 0 Å². The van der Waals surface area contributed by atoms with Gasteiger partial charge in [0.1, 0.15) is 0 Å². The van der Waals surface area contributed by atoms with Gasteiger partial charge >= 0.3 is 0 Å². The van der Waals surface area contributed by atoms with Crippen LogP contribution < -0.4 is 5.32 Å². The van der Waals surface area contributed by atoms with Crippen LogP contribution in [0.15, 0.2) is 23.1 Å². The lowest BCUT2D eigenvalue weighted by Crippen LogP contribution is -2.42. The number of rotatable bonds is 5. The quantitative estimate of drug-likeness (QED) is 0.863. The molecule has 0 spiro atoms. The third-order valence-corrected chi connectivity index (χ3v) is 5.26. The van der Waals surface area contributed by atoms with Crippen molar-refractivity contribution >= 4 is 15.7 Å². The lowest BCUT2D eigenvalue weighted by atomic mass is 10.1. The number of likely N-dealkylation sites (N-methyl/N-ethyl adjacent to an activating group) is 1. The highest BCUT2D eigenvalue weighted by atomic mass is 32.2. The molecular formula is C14H22N2O3S. The average molecular weight is 298 g/mol. The van der Waals surface area contributed by atoms with Crippen molar-refractivity contribution in [3.8, 4) is 0 Å². The Bertz CT molecular complexity index is 591. The van der Waals surface area contributed by atoms with Gasteiger partial charge in [0.25, 0.3) is 0 Å². The molecule has 1 heterocycles. The first-order chi connectivity index (χ1) is 9.24. The number of fused-ring (bicyclic) bond motifs is 1. The summed E-state index contributed by atoms with van der Waals surface area (Å²) in [6.45, 7) is 6.24. The van der Waals surface area contributed by atoms with Gasteiger partial charge in [0.2, 0.25) is 10.0 Å². The molecule has 0 fully saturated rings. The smallest absolute Gasteiger partial charge is 0.243 e. The van der Waals surface area contributed by atoms with E-state index >= 15 is 0 Å². The summed E-state index contributed by atoms with van der Waals surface area (Å²) in [6, 6.07) is 5.19. The Morgan fingerprint density at radius 3 is 2.70 bits per heavy atom. The predicted octanol–water partition coefficient (Wildman–Crippen LogP) is 1.44. The molecule has 6 heteroatoms. The van der Waals surface area contributed by atoms with Crippen LogP contribution in [0.2, 0.25) is 0 Å². The van der Waals surface area contributed by atoms with Crippen molar-refractivity contribution in [1.29, 1.82) is 0 Å². The SMILES string of the molecule is CCN(CC(C)(C)O)S(=O)(=O)c1ccc2c(c1)NCC2. The van der Waals surface area contributed by atoms with E-state index in [2.05, 4.69) is 5.32 Å². The molecule has 0 atom stereocenters. The van der Waals surface area contributed by atoms with E-state index in [0.717, 1.165) is 24.2 Å². The fourth-order valence-electron chi connectivity index (χ4n) is 2.38. The second-order valence-electron chi connectivity index (χ2n) is 5.74. The largest absolute Gasteiger partial charge is 0.389 e. The Balaban J connectivity index is 2.33. The van der Waals surface area contributed by atoms with Gasteiger partial charge in [0.05, 0.1) is 10.5 Å². The van der Waals surface area contributed by atoms with Crippen molar-refractivity contribution in [2.75, 3.05) is 25.0 Å². The van der Waals surface area contributed by atoms with Crippen molar-refractivity contribution in [2.24, 2.45) is 0 Å². The lowest BCUT2D eigenvalue weighted by molar-refractivity contribution is 0.0601. The number of nitrogens with one attached hydrogen (secondary N) is 1. The number of anilines is 1. The number of nitrogens with zero attached hydrogens (tertiary/aromatic N) is 1. The van der Waals surface area contributed by atoms with E-state index in [1.165, 1.54) is 4.31 Å². The second-order valence-corrected chi connectivity index (χ2v) is 7.68. The summed E-state index contributed by atoms with van der Waals surface area (Å²) in [7, 11) is -3.57. The molecule has 0 amide bonds. The number of aliphatic hydroxyl groups is 1. The summed E-state index contributed by atoms with van der Waals surface area (Å²) in [4.78, 5) is 0.275. The van der Waals surface area contributed by atoms with E-state index in [9.17, 15) is 13.5 Å². The molecule has 0 saturated carbocycles. The zero-order valence-corrected chi connectivity index (χ0v) is 13.0. The molecule has 20 heavy (non-hydrogen) atoms. The van der Waals surface area contributed by atoms with Crippen LogP contribution in [0.3, 0.4) is 0 Å². The number of benzene rings is 1. The molecule has 0 unspecified atom stereocenters. The van der Waals surface area contributed by atoms with Gasteiger partial charge < -0.3 is 10.4 Å². The summed E-state index contributed by atoms with van der Waals surface area (Å²) < 4.78 is 26.6. The van der Waals surface area contributed by atoms with Gasteiger partial charge in [0, 0.05) is 25.3 Å². The Kier molecular flexibility index (Phi) is 4.09. The van der Waals surface area contributed by atoms with Gasteiger partial charge in [-0.3, -0.25) is 0 Å². The maximum absolute atomic E-state index is 12.6. The van der Waals surface area contributed by atoms with Crippen LogP contribution in [0, 0.1) is 0 Å². The van der Waals surface area contributed by atoms with Crippen molar-refractivity contribution in [2.45, 2.75) is 37.7 Å². The molecule has 1 aliphatic heterocycles. The normalized spacial score (nSPS) is 15.2. The molecule has 2 rings (SSSR count). The van der Waals surface area contributed by atoms with Gasteiger partial charge in [0.15, 0.2) is 0 Å². The molecule has 112 valence electrons. The fourth-order valence-corrected chi connectivity index (χ4v) is 4.01. The Labute approximate surface area is 120 Å². The molecule has 0 bridgehead atoms. The number of hydrogen-bond acceptors (Lipinski definition) is 4. The van der Waals surface area contributed by atoms with E-state index < -0.39 is 15.6 Å². The first-order valence-electron chi connectivity index (χ1n) is 6.83. The van der Waals surface area contributed by atoms with Crippen molar-refractivity contribution < 1.29 is 13.5 Å². The van der Waals surface area contributed by atoms with Crippen LogP contribution in [0.25, 0.3) is 0 Å². The molecule has 1 aromatic rings. The zero-order chi connectivity index (χ0) is 15.0. The van der Waals surface area contributed by atoms with Crippen LogP contribution >= 0.6 is 0 Å². The molecule has 0 aromatic heterocycles. The summed E-state index contributed by atoms with van der Waals surface area (Å²) >= 11 is 0. The maximum Gasteiger partial charge on any atom is 0.243 e. The minimum Gasteiger partial charge on any atom is -0.389 e. The van der Waals surface area contributed by atoms with E-state index in [4.69, 9.17) is 0 Å². The lowest BCUT2D eigenvalue weighted by Gasteiger charge is -2.27. The monoisotopic (exact) mass is 298 g/mol. The molecule has 1 aliphatic rings. The molecule has 0 radical (unpaired) electrons. The highest BCUT2D eigenvalue weighted by Gasteiger charge is 2.29. The predicted molar refractivity (Wildman–Crippen MR) is 79.4 cm³/mol. The zero-order valence-electron chi connectivity index (χ0n) is 12.2. The van der Waals surface area contributed by atoms with Gasteiger partial charge in [-0.25, -0.2) is 8.42 Å². The molecule has 2 N–H and O–H groups in total. The summed E-state index contributed by atoms with van der Waals surface area (Å²) in [6.07, 6.45) is 0.927. The van der Waals surface area contributed by atoms with E-state index in [0.29, 0.717) is 6.54 Å². The minimum atomic E-state index is -3.57. The van der Waals surface area contributed by atoms with Gasteiger partial charge in [-0.15, -0.1) is 0 Å². The molecule has 0 aliphatic carbocycles. The summed E-state index contributed by atoms with van der Waals surface area (Å²) in [5.74, 6) is 0. The Hall–Kier alpha value is -1.11. The van der Waals surface area contributed by atoms with Gasteiger partial charge in [-0.2, -0.15) is 4.31 Å². The van der Waals surface area contributed by atoms with Crippen molar-refractivity contribution in [3.05, 3.63) is 23.8 Å². The summed E-state index contributed by atoms with van der Waals surface area (Å²) in [5, 5.41) is 13.1. The third kappa shape index (κ3) is 3.13. The molecule has 5 nitrogen and oxygen atoms in total. The highest BCUT2D eigenvalue weighted by Crippen LogP contribution is 2.27. The van der Waals surface area contributed by atoms with Gasteiger partial charge in [-0.1, -0.05) is 13.0 Å². The first-order valence-corrected chi connectivity index (χ1v) is 8.27. The topological polar surface area (TPSA) is 69.6 Å². The standard InChI is InChI=1S/C14H22N2O3S/c1-4-16(10-14(2,3)17)20(18,19)12-6-5-11-7-8-15-13(11)9-12/h5-6,9,15,17H,4,7-8,10H2,1-3H3. The van der Waals surface area contributed by atoms with Gasteiger partial charge in [-0.05, 0) is 38.0 Å². The molecule has 0 saturated heterocycles. The van der Waals surface area contributed by atoms with E-state index in [1.807, 2.05) is 6.07 Å². The van der Waals surface area contributed by atoms with Crippen molar-refractivity contribution in [1.82, 2.24) is 4.31 Å². The van der Waals surface area contributed by atoms with E-state index in [-0.39, 0.29) is 11.4 Å². The molecule has 1 aromatic carbocycles. The highest BCUT2D eigenvalue weighted by molar-refractivity contribution is 7.89. The van der Waals surface area contributed by atoms with Crippen molar-refractivity contribution in [3.63, 3.8) is 0 Å². The minimum absolute atomic E-state index is 0.0797. The Morgan fingerprint density at radius 1 is 1.40 bits per heavy atom. The third-order valence-electron chi connectivity index (χ3n) is 3.34.